The van der Waals surface area contributed by atoms with E-state index in [4.69, 9.17) is 9.47 Å². The van der Waals surface area contributed by atoms with E-state index in [9.17, 15) is 4.79 Å². The fourth-order valence-corrected chi connectivity index (χ4v) is 2.81. The van der Waals surface area contributed by atoms with Crippen LogP contribution in [0.25, 0.3) is 11.4 Å². The Kier molecular flexibility index (Phi) is 6.21. The summed E-state index contributed by atoms with van der Waals surface area (Å²) in [5.41, 5.74) is 3.00. The number of methoxy groups -OCH3 is 2. The predicted octanol–water partition coefficient (Wildman–Crippen LogP) is 2.02. The summed E-state index contributed by atoms with van der Waals surface area (Å²) in [5, 5.41) is 15.2. The molecular formula is C20H23N5O3. The van der Waals surface area contributed by atoms with E-state index in [1.54, 1.807) is 14.2 Å². The molecule has 146 valence electrons. The molecule has 0 bridgehead atoms. The van der Waals surface area contributed by atoms with E-state index in [1.807, 2.05) is 49.4 Å². The van der Waals surface area contributed by atoms with Crippen LogP contribution in [0.3, 0.4) is 0 Å². The molecule has 1 heterocycles. The fraction of sp³-hybridized carbons (Fsp3) is 0.300. The molecule has 0 saturated carbocycles. The van der Waals surface area contributed by atoms with E-state index in [1.165, 1.54) is 4.80 Å². The summed E-state index contributed by atoms with van der Waals surface area (Å²) in [7, 11) is 3.19. The second-order valence-electron chi connectivity index (χ2n) is 6.25. The largest absolute Gasteiger partial charge is 0.493 e. The van der Waals surface area contributed by atoms with Gasteiger partial charge in [0, 0.05) is 12.1 Å². The first-order valence-electron chi connectivity index (χ1n) is 8.92. The number of ether oxygens (including phenoxy) is 2. The van der Waals surface area contributed by atoms with Gasteiger partial charge in [-0.3, -0.25) is 4.79 Å². The summed E-state index contributed by atoms with van der Waals surface area (Å²) < 4.78 is 10.5. The lowest BCUT2D eigenvalue weighted by molar-refractivity contribution is -0.122. The first kappa shape index (κ1) is 19.3. The van der Waals surface area contributed by atoms with E-state index in [0.717, 1.165) is 16.7 Å². The molecule has 0 saturated heterocycles. The third kappa shape index (κ3) is 4.64. The molecule has 3 rings (SSSR count). The van der Waals surface area contributed by atoms with Gasteiger partial charge in [-0.2, -0.15) is 4.80 Å². The van der Waals surface area contributed by atoms with Gasteiger partial charge in [0.05, 0.1) is 14.2 Å². The summed E-state index contributed by atoms with van der Waals surface area (Å²) in [4.78, 5) is 13.5. The molecule has 1 N–H and O–H groups in total. The van der Waals surface area contributed by atoms with Crippen molar-refractivity contribution in [1.29, 1.82) is 0 Å². The van der Waals surface area contributed by atoms with Crippen molar-refractivity contribution in [3.8, 4) is 22.9 Å². The zero-order valence-electron chi connectivity index (χ0n) is 16.2. The quantitative estimate of drug-likeness (QED) is 0.642. The van der Waals surface area contributed by atoms with Crippen molar-refractivity contribution in [2.45, 2.75) is 19.9 Å². The van der Waals surface area contributed by atoms with Crippen molar-refractivity contribution < 1.29 is 14.3 Å². The van der Waals surface area contributed by atoms with Crippen molar-refractivity contribution in [3.63, 3.8) is 0 Å². The number of nitrogens with one attached hydrogen (secondary N) is 1. The van der Waals surface area contributed by atoms with Gasteiger partial charge in [-0.1, -0.05) is 30.3 Å². The minimum Gasteiger partial charge on any atom is -0.493 e. The molecule has 3 aromatic rings. The number of carbonyl (C=O) groups is 1. The molecule has 1 amide bonds. The number of amides is 1. The monoisotopic (exact) mass is 381 g/mol. The van der Waals surface area contributed by atoms with E-state index < -0.39 is 0 Å². The van der Waals surface area contributed by atoms with E-state index in [0.29, 0.717) is 30.3 Å². The zero-order chi connectivity index (χ0) is 19.9. The van der Waals surface area contributed by atoms with Gasteiger partial charge < -0.3 is 14.8 Å². The molecule has 0 fully saturated rings. The predicted molar refractivity (Wildman–Crippen MR) is 104 cm³/mol. The summed E-state index contributed by atoms with van der Waals surface area (Å²) in [5.74, 6) is 1.68. The molecule has 0 aliphatic heterocycles. The molecule has 1 aromatic heterocycles. The van der Waals surface area contributed by atoms with Crippen molar-refractivity contribution >= 4 is 5.91 Å². The molecule has 8 heteroatoms. The molecule has 0 aliphatic rings. The average Bonchev–Trinajstić information content (AvgIpc) is 3.16. The zero-order valence-corrected chi connectivity index (χ0v) is 16.2. The number of aromatic nitrogens is 4. The first-order valence-corrected chi connectivity index (χ1v) is 8.92. The van der Waals surface area contributed by atoms with Gasteiger partial charge >= 0.3 is 0 Å². The summed E-state index contributed by atoms with van der Waals surface area (Å²) >= 11 is 0. The molecule has 8 nitrogen and oxygen atoms in total. The molecule has 0 unspecified atom stereocenters. The normalized spacial score (nSPS) is 10.5. The SMILES string of the molecule is COc1ccc(CCNC(=O)Cn2nnc(-c3ccccc3C)n2)cc1OC. The number of hydrogen-bond acceptors (Lipinski definition) is 6. The number of nitrogens with zero attached hydrogens (tertiary/aromatic N) is 4. The molecule has 2 aromatic carbocycles. The lowest BCUT2D eigenvalue weighted by atomic mass is 10.1. The number of benzene rings is 2. The standard InChI is InChI=1S/C20H23N5O3/c1-14-6-4-5-7-16(14)20-22-24-25(23-20)13-19(26)21-11-10-15-8-9-17(27-2)18(12-15)28-3/h4-9,12H,10-11,13H2,1-3H3,(H,21,26). The number of tetrazole rings is 1. The highest BCUT2D eigenvalue weighted by atomic mass is 16.5. The van der Waals surface area contributed by atoms with E-state index in [-0.39, 0.29) is 12.5 Å². The Morgan fingerprint density at radius 1 is 1.11 bits per heavy atom. The third-order valence-corrected chi connectivity index (χ3v) is 4.31. The van der Waals surface area contributed by atoms with Crippen LogP contribution in [0.2, 0.25) is 0 Å². The Morgan fingerprint density at radius 2 is 1.89 bits per heavy atom. The maximum atomic E-state index is 12.2. The van der Waals surface area contributed by atoms with Gasteiger partial charge in [0.25, 0.3) is 0 Å². The smallest absolute Gasteiger partial charge is 0.243 e. The van der Waals surface area contributed by atoms with Gasteiger partial charge in [-0.15, -0.1) is 10.2 Å². The van der Waals surface area contributed by atoms with Crippen LogP contribution in [0.1, 0.15) is 11.1 Å². The Labute approximate surface area is 163 Å². The van der Waals surface area contributed by atoms with Crippen molar-refractivity contribution in [3.05, 3.63) is 53.6 Å². The van der Waals surface area contributed by atoms with Gasteiger partial charge in [-0.05, 0) is 41.8 Å². The van der Waals surface area contributed by atoms with Crippen LogP contribution in [0.4, 0.5) is 0 Å². The van der Waals surface area contributed by atoms with Crippen LogP contribution in [0.5, 0.6) is 11.5 Å². The van der Waals surface area contributed by atoms with Crippen LogP contribution in [0.15, 0.2) is 42.5 Å². The van der Waals surface area contributed by atoms with Gasteiger partial charge in [0.15, 0.2) is 11.5 Å². The maximum absolute atomic E-state index is 12.2. The third-order valence-electron chi connectivity index (χ3n) is 4.31. The average molecular weight is 381 g/mol. The molecule has 28 heavy (non-hydrogen) atoms. The van der Waals surface area contributed by atoms with Gasteiger partial charge in [-0.25, -0.2) is 0 Å². The van der Waals surface area contributed by atoms with Crippen molar-refractivity contribution in [2.75, 3.05) is 20.8 Å². The second-order valence-corrected chi connectivity index (χ2v) is 6.25. The minimum atomic E-state index is -0.172. The minimum absolute atomic E-state index is 0.0187. The van der Waals surface area contributed by atoms with Crippen LogP contribution < -0.4 is 14.8 Å². The Bertz CT molecular complexity index is 955. The lowest BCUT2D eigenvalue weighted by Gasteiger charge is -2.10. The van der Waals surface area contributed by atoms with Gasteiger partial charge in [0.2, 0.25) is 11.7 Å². The lowest BCUT2D eigenvalue weighted by Crippen LogP contribution is -2.30. The maximum Gasteiger partial charge on any atom is 0.243 e. The van der Waals surface area contributed by atoms with Crippen LogP contribution in [0, 0.1) is 6.92 Å². The fourth-order valence-electron chi connectivity index (χ4n) is 2.81. The van der Waals surface area contributed by atoms with E-state index >= 15 is 0 Å². The van der Waals surface area contributed by atoms with Crippen LogP contribution in [-0.4, -0.2) is 46.9 Å². The highest BCUT2D eigenvalue weighted by Gasteiger charge is 2.11. The molecule has 0 atom stereocenters. The summed E-state index contributed by atoms with van der Waals surface area (Å²) in [6.45, 7) is 2.50. The van der Waals surface area contributed by atoms with Crippen LogP contribution in [-0.2, 0) is 17.8 Å². The summed E-state index contributed by atoms with van der Waals surface area (Å²) in [6.07, 6.45) is 0.672. The number of aryl methyl sites for hydroxylation is 1. The highest BCUT2D eigenvalue weighted by Crippen LogP contribution is 2.27. The molecular weight excluding hydrogens is 358 g/mol. The summed E-state index contributed by atoms with van der Waals surface area (Å²) in [6, 6.07) is 13.5. The topological polar surface area (TPSA) is 91.2 Å². The van der Waals surface area contributed by atoms with Crippen LogP contribution >= 0.6 is 0 Å². The second kappa shape index (κ2) is 8.98. The highest BCUT2D eigenvalue weighted by molar-refractivity contribution is 5.75. The molecule has 0 spiro atoms. The van der Waals surface area contributed by atoms with Crippen molar-refractivity contribution in [2.24, 2.45) is 0 Å². The molecule has 0 radical (unpaired) electrons. The molecule has 0 aliphatic carbocycles. The Hall–Kier alpha value is -3.42. The van der Waals surface area contributed by atoms with E-state index in [2.05, 4.69) is 20.7 Å². The number of hydrogen-bond donors (Lipinski definition) is 1. The Morgan fingerprint density at radius 3 is 2.64 bits per heavy atom. The number of rotatable bonds is 8. The van der Waals surface area contributed by atoms with Gasteiger partial charge in [0.1, 0.15) is 6.54 Å². The Balaban J connectivity index is 1.52. The first-order chi connectivity index (χ1) is 13.6. The van der Waals surface area contributed by atoms with Crippen molar-refractivity contribution in [1.82, 2.24) is 25.5 Å². The number of carbonyl (C=O) groups excluding carboxylic acids is 1.